The minimum absolute atomic E-state index is 0.0560. The molecule has 1 N–H and O–H groups in total. The molecule has 2 heterocycles. The number of hydrogen-bond donors (Lipinski definition) is 1. The van der Waals surface area contributed by atoms with Crippen LogP contribution in [0.4, 0.5) is 0 Å². The van der Waals surface area contributed by atoms with Crippen LogP contribution in [-0.4, -0.2) is 20.7 Å². The summed E-state index contributed by atoms with van der Waals surface area (Å²) >= 11 is 0. The van der Waals surface area contributed by atoms with Crippen LogP contribution in [0.5, 0.6) is 0 Å². The first-order valence-electron chi connectivity index (χ1n) is 10.7. The number of hydrogen-bond acceptors (Lipinski definition) is 3. The van der Waals surface area contributed by atoms with Gasteiger partial charge in [-0.15, -0.1) is 0 Å². The van der Waals surface area contributed by atoms with Crippen molar-refractivity contribution in [3.05, 3.63) is 114 Å². The molecule has 1 aliphatic heterocycles. The summed E-state index contributed by atoms with van der Waals surface area (Å²) in [5.41, 5.74) is 10.3. The molecular formula is C27H24N4O. The average Bonchev–Trinajstić information content (AvgIpc) is 3.46. The molecule has 158 valence electrons. The number of rotatable bonds is 4. The highest BCUT2D eigenvalue weighted by Gasteiger charge is 2.32. The lowest BCUT2D eigenvalue weighted by Gasteiger charge is -2.23. The normalized spacial score (nSPS) is 15.4. The predicted molar refractivity (Wildman–Crippen MR) is 127 cm³/mol. The molecule has 0 saturated heterocycles. The van der Waals surface area contributed by atoms with Crippen molar-refractivity contribution in [1.82, 2.24) is 20.2 Å². The first-order chi connectivity index (χ1) is 15.6. The maximum atomic E-state index is 12.6. The molecule has 1 amide bonds. The van der Waals surface area contributed by atoms with Gasteiger partial charge < -0.3 is 0 Å². The van der Waals surface area contributed by atoms with Crippen LogP contribution in [0.15, 0.2) is 97.2 Å². The van der Waals surface area contributed by atoms with E-state index in [1.54, 1.807) is 11.9 Å². The van der Waals surface area contributed by atoms with E-state index in [0.29, 0.717) is 0 Å². The second kappa shape index (κ2) is 8.19. The first kappa shape index (κ1) is 19.8. The predicted octanol–water partition coefficient (Wildman–Crippen LogP) is 5.30. The molecule has 32 heavy (non-hydrogen) atoms. The van der Waals surface area contributed by atoms with E-state index < -0.39 is 0 Å². The molecule has 1 aliphatic rings. The lowest BCUT2D eigenvalue weighted by Crippen LogP contribution is -2.37. The Morgan fingerprint density at radius 2 is 1.53 bits per heavy atom. The molecule has 5 rings (SSSR count). The zero-order valence-corrected chi connectivity index (χ0v) is 18.1. The van der Waals surface area contributed by atoms with Gasteiger partial charge >= 0.3 is 0 Å². The number of benzene rings is 3. The van der Waals surface area contributed by atoms with Gasteiger partial charge in [-0.05, 0) is 30.7 Å². The highest BCUT2D eigenvalue weighted by atomic mass is 16.2. The van der Waals surface area contributed by atoms with Crippen LogP contribution in [0.2, 0.25) is 0 Å². The van der Waals surface area contributed by atoms with E-state index in [-0.39, 0.29) is 11.9 Å². The molecular weight excluding hydrogens is 396 g/mol. The van der Waals surface area contributed by atoms with Crippen molar-refractivity contribution in [2.75, 3.05) is 0 Å². The number of para-hydroxylation sites is 1. The molecule has 1 atom stereocenters. The Morgan fingerprint density at radius 3 is 2.19 bits per heavy atom. The molecule has 0 radical (unpaired) electrons. The van der Waals surface area contributed by atoms with Crippen molar-refractivity contribution in [2.24, 2.45) is 0 Å². The van der Waals surface area contributed by atoms with E-state index in [1.807, 2.05) is 71.5 Å². The lowest BCUT2D eigenvalue weighted by molar-refractivity contribution is -0.132. The summed E-state index contributed by atoms with van der Waals surface area (Å²) < 4.78 is 1.89. The number of nitrogens with zero attached hydrogens (tertiary/aromatic N) is 3. The molecule has 1 aromatic heterocycles. The smallest absolute Gasteiger partial charge is 0.238 e. The van der Waals surface area contributed by atoms with Crippen molar-refractivity contribution in [3.63, 3.8) is 0 Å². The largest absolute Gasteiger partial charge is 0.295 e. The Hall–Kier alpha value is -4.12. The Kier molecular flexibility index (Phi) is 5.07. The van der Waals surface area contributed by atoms with Gasteiger partial charge in [-0.1, -0.05) is 78.4 Å². The number of carbonyl (C=O) groups is 1. The summed E-state index contributed by atoms with van der Waals surface area (Å²) in [4.78, 5) is 12.6. The second-order valence-electron chi connectivity index (χ2n) is 7.97. The van der Waals surface area contributed by atoms with Crippen LogP contribution in [0.25, 0.3) is 22.6 Å². The maximum Gasteiger partial charge on any atom is 0.238 e. The second-order valence-corrected chi connectivity index (χ2v) is 7.97. The summed E-state index contributed by atoms with van der Waals surface area (Å²) in [6.07, 6.45) is 4.12. The van der Waals surface area contributed by atoms with E-state index in [4.69, 9.17) is 5.10 Å². The summed E-state index contributed by atoms with van der Waals surface area (Å²) in [6, 6.07) is 28.1. The number of aromatic nitrogens is 2. The van der Waals surface area contributed by atoms with Crippen molar-refractivity contribution in [3.8, 4) is 16.9 Å². The number of carbonyl (C=O) groups excluding carboxylic acids is 1. The molecule has 5 heteroatoms. The van der Waals surface area contributed by atoms with Crippen molar-refractivity contribution in [1.29, 1.82) is 0 Å². The summed E-state index contributed by atoms with van der Waals surface area (Å²) in [5, 5.41) is 6.61. The average molecular weight is 421 g/mol. The fourth-order valence-electron chi connectivity index (χ4n) is 4.00. The van der Waals surface area contributed by atoms with E-state index >= 15 is 0 Å². The van der Waals surface area contributed by atoms with Crippen molar-refractivity contribution < 1.29 is 4.79 Å². The van der Waals surface area contributed by atoms with Gasteiger partial charge in [0.2, 0.25) is 5.91 Å². The minimum Gasteiger partial charge on any atom is -0.295 e. The van der Waals surface area contributed by atoms with E-state index in [0.717, 1.165) is 33.8 Å². The molecule has 0 bridgehead atoms. The molecule has 0 unspecified atom stereocenters. The van der Waals surface area contributed by atoms with Gasteiger partial charge in [-0.3, -0.25) is 10.2 Å². The summed E-state index contributed by atoms with van der Waals surface area (Å²) in [6.45, 7) is 3.65. The molecule has 0 aliphatic carbocycles. The van der Waals surface area contributed by atoms with Crippen LogP contribution < -0.4 is 5.43 Å². The van der Waals surface area contributed by atoms with E-state index in [2.05, 4.69) is 42.7 Å². The van der Waals surface area contributed by atoms with Crippen LogP contribution in [0.1, 0.15) is 29.7 Å². The molecule has 0 saturated carbocycles. The first-order valence-corrected chi connectivity index (χ1v) is 10.7. The van der Waals surface area contributed by atoms with Gasteiger partial charge in [-0.2, -0.15) is 5.10 Å². The Balaban J connectivity index is 1.66. The zero-order chi connectivity index (χ0) is 22.1. The quantitative estimate of drug-likeness (QED) is 0.488. The Bertz CT molecular complexity index is 1270. The molecule has 4 aromatic rings. The summed E-state index contributed by atoms with van der Waals surface area (Å²) in [5.74, 6) is -0.0560. The third-order valence-electron chi connectivity index (χ3n) is 5.67. The van der Waals surface area contributed by atoms with E-state index in [1.165, 1.54) is 5.56 Å². The fraction of sp³-hybridized carbons (Fsp3) is 0.111. The topological polar surface area (TPSA) is 50.2 Å². The van der Waals surface area contributed by atoms with Gasteiger partial charge in [0.25, 0.3) is 0 Å². The van der Waals surface area contributed by atoms with E-state index in [9.17, 15) is 4.79 Å². The number of nitrogens with one attached hydrogen (secondary N) is 1. The fourth-order valence-corrected chi connectivity index (χ4v) is 4.00. The SMILES string of the molecule is CC(=O)N1NC(c2ccccc2)=C[C@H]1c1cn(-c2ccccc2)nc1-c1ccc(C)cc1. The Labute approximate surface area is 187 Å². The molecule has 0 spiro atoms. The van der Waals surface area contributed by atoms with Crippen molar-refractivity contribution in [2.45, 2.75) is 19.9 Å². The van der Waals surface area contributed by atoms with Gasteiger partial charge in [0.1, 0.15) is 6.04 Å². The monoisotopic (exact) mass is 420 g/mol. The maximum absolute atomic E-state index is 12.6. The van der Waals surface area contributed by atoms with Gasteiger partial charge in [0, 0.05) is 24.2 Å². The highest BCUT2D eigenvalue weighted by Crippen LogP contribution is 2.37. The summed E-state index contributed by atoms with van der Waals surface area (Å²) in [7, 11) is 0. The van der Waals surface area contributed by atoms with Crippen LogP contribution in [0, 0.1) is 6.92 Å². The molecule has 5 nitrogen and oxygen atoms in total. The van der Waals surface area contributed by atoms with Crippen LogP contribution >= 0.6 is 0 Å². The van der Waals surface area contributed by atoms with Crippen LogP contribution in [0.3, 0.4) is 0 Å². The van der Waals surface area contributed by atoms with Gasteiger partial charge in [0.15, 0.2) is 0 Å². The Morgan fingerprint density at radius 1 is 0.875 bits per heavy atom. The minimum atomic E-state index is -0.281. The van der Waals surface area contributed by atoms with Gasteiger partial charge in [0.05, 0.1) is 17.1 Å². The van der Waals surface area contributed by atoms with Crippen LogP contribution in [-0.2, 0) is 4.79 Å². The number of aryl methyl sites for hydroxylation is 1. The van der Waals surface area contributed by atoms with Crippen molar-refractivity contribution >= 4 is 11.6 Å². The molecule has 0 fully saturated rings. The third-order valence-corrected chi connectivity index (χ3v) is 5.67. The zero-order valence-electron chi connectivity index (χ0n) is 18.1. The van der Waals surface area contributed by atoms with Gasteiger partial charge in [-0.25, -0.2) is 9.69 Å². The lowest BCUT2D eigenvalue weighted by atomic mass is 10.0. The number of hydrazine groups is 1. The number of amides is 1. The molecule has 3 aromatic carbocycles. The standard InChI is InChI=1S/C27H24N4O/c1-19-13-15-22(16-14-19)27-24(18-30(29-27)23-11-7-4-8-12-23)26-17-25(28-31(26)20(2)32)21-9-5-3-6-10-21/h3-18,26,28H,1-2H3/t26-/m0/s1. The highest BCUT2D eigenvalue weighted by molar-refractivity contribution is 5.80. The third kappa shape index (κ3) is 3.69.